The molecular weight excluding hydrogens is 240 g/mol. The normalized spacial score (nSPS) is 20.3. The van der Waals surface area contributed by atoms with E-state index in [0.717, 1.165) is 25.7 Å². The van der Waals surface area contributed by atoms with Gasteiger partial charge in [0.15, 0.2) is 0 Å². The van der Waals surface area contributed by atoms with Crippen LogP contribution in [-0.2, 0) is 10.0 Å². The fourth-order valence-electron chi connectivity index (χ4n) is 2.31. The predicted molar refractivity (Wildman–Crippen MR) is 64.8 cm³/mol. The van der Waals surface area contributed by atoms with E-state index in [2.05, 4.69) is 14.9 Å². The van der Waals surface area contributed by atoms with Gasteiger partial charge < -0.3 is 5.73 Å². The molecule has 2 rings (SSSR count). The molecule has 0 bridgehead atoms. The molecule has 96 valence electrons. The van der Waals surface area contributed by atoms with Crippen molar-refractivity contribution in [3.8, 4) is 0 Å². The number of hydrogen-bond donors (Lipinski definition) is 3. The van der Waals surface area contributed by atoms with Crippen molar-refractivity contribution in [2.24, 2.45) is 0 Å². The highest BCUT2D eigenvalue weighted by atomic mass is 32.2. The highest BCUT2D eigenvalue weighted by molar-refractivity contribution is 7.89. The third-order valence-electron chi connectivity index (χ3n) is 3.26. The van der Waals surface area contributed by atoms with E-state index in [9.17, 15) is 8.42 Å². The first-order valence-corrected chi connectivity index (χ1v) is 7.24. The number of nitrogen functional groups attached to an aromatic ring is 1. The number of aromatic nitrogens is 2. The molecule has 0 unspecified atom stereocenters. The van der Waals surface area contributed by atoms with Crippen molar-refractivity contribution in [3.63, 3.8) is 0 Å². The fraction of sp³-hybridized carbons (Fsp3) is 0.700. The Hall–Kier alpha value is -1.08. The zero-order chi connectivity index (χ0) is 12.5. The van der Waals surface area contributed by atoms with Crippen LogP contribution < -0.4 is 10.5 Å². The lowest BCUT2D eigenvalue weighted by Crippen LogP contribution is -2.47. The molecule has 1 aliphatic rings. The van der Waals surface area contributed by atoms with Crippen LogP contribution in [0.4, 0.5) is 5.82 Å². The molecule has 1 saturated carbocycles. The van der Waals surface area contributed by atoms with Gasteiger partial charge in [-0.2, -0.15) is 5.10 Å². The monoisotopic (exact) mass is 258 g/mol. The van der Waals surface area contributed by atoms with E-state index < -0.39 is 10.0 Å². The third-order valence-corrected chi connectivity index (χ3v) is 4.93. The van der Waals surface area contributed by atoms with Crippen LogP contribution in [0.15, 0.2) is 11.1 Å². The fourth-order valence-corrected chi connectivity index (χ4v) is 3.80. The number of rotatable bonds is 3. The molecule has 1 aliphatic carbocycles. The van der Waals surface area contributed by atoms with Gasteiger partial charge in [0, 0.05) is 5.54 Å². The molecule has 1 aromatic heterocycles. The van der Waals surface area contributed by atoms with Crippen LogP contribution in [0.5, 0.6) is 0 Å². The van der Waals surface area contributed by atoms with Gasteiger partial charge in [0.25, 0.3) is 0 Å². The second kappa shape index (κ2) is 4.30. The maximum absolute atomic E-state index is 12.1. The Bertz CT molecular complexity index is 488. The molecule has 17 heavy (non-hydrogen) atoms. The van der Waals surface area contributed by atoms with Crippen LogP contribution in [-0.4, -0.2) is 24.2 Å². The third kappa shape index (κ3) is 2.61. The van der Waals surface area contributed by atoms with Gasteiger partial charge in [-0.05, 0) is 19.8 Å². The van der Waals surface area contributed by atoms with Gasteiger partial charge in [-0.3, -0.25) is 5.10 Å². The smallest absolute Gasteiger partial charge is 0.246 e. The molecule has 4 N–H and O–H groups in total. The first-order valence-electron chi connectivity index (χ1n) is 5.76. The number of aromatic amines is 1. The van der Waals surface area contributed by atoms with Crippen LogP contribution in [0.3, 0.4) is 0 Å². The predicted octanol–water partition coefficient (Wildman–Crippen LogP) is 0.993. The van der Waals surface area contributed by atoms with Gasteiger partial charge in [-0.1, -0.05) is 19.3 Å². The van der Waals surface area contributed by atoms with Crippen molar-refractivity contribution < 1.29 is 8.42 Å². The van der Waals surface area contributed by atoms with Crippen molar-refractivity contribution in [2.45, 2.75) is 49.5 Å². The summed E-state index contributed by atoms with van der Waals surface area (Å²) in [6, 6.07) is 0. The summed E-state index contributed by atoms with van der Waals surface area (Å²) >= 11 is 0. The Kier molecular flexibility index (Phi) is 3.13. The maximum Gasteiger partial charge on any atom is 0.246 e. The van der Waals surface area contributed by atoms with Gasteiger partial charge in [0.05, 0.1) is 6.20 Å². The van der Waals surface area contributed by atoms with Crippen molar-refractivity contribution in [3.05, 3.63) is 6.20 Å². The Morgan fingerprint density at radius 3 is 2.59 bits per heavy atom. The van der Waals surface area contributed by atoms with Crippen molar-refractivity contribution in [1.82, 2.24) is 14.9 Å². The Balaban J connectivity index is 2.20. The average Bonchev–Trinajstić information content (AvgIpc) is 2.64. The first kappa shape index (κ1) is 12.4. The van der Waals surface area contributed by atoms with Crippen LogP contribution in [0, 0.1) is 0 Å². The van der Waals surface area contributed by atoms with Crippen molar-refractivity contribution >= 4 is 15.8 Å². The van der Waals surface area contributed by atoms with E-state index in [1.807, 2.05) is 6.92 Å². The number of anilines is 1. The van der Waals surface area contributed by atoms with Gasteiger partial charge in [-0.25, -0.2) is 13.1 Å². The van der Waals surface area contributed by atoms with E-state index in [0.29, 0.717) is 0 Å². The molecule has 1 fully saturated rings. The summed E-state index contributed by atoms with van der Waals surface area (Å²) in [7, 11) is -3.57. The molecule has 1 aromatic rings. The summed E-state index contributed by atoms with van der Waals surface area (Å²) < 4.78 is 27.0. The Morgan fingerprint density at radius 1 is 1.41 bits per heavy atom. The molecular formula is C10H18N4O2S. The number of nitrogens with one attached hydrogen (secondary N) is 2. The molecule has 0 amide bonds. The number of nitrogens with two attached hydrogens (primary N) is 1. The summed E-state index contributed by atoms with van der Waals surface area (Å²) in [6.45, 7) is 1.94. The molecule has 0 aliphatic heterocycles. The van der Waals surface area contributed by atoms with Gasteiger partial charge >= 0.3 is 0 Å². The molecule has 6 nitrogen and oxygen atoms in total. The highest BCUT2D eigenvalue weighted by Crippen LogP contribution is 2.29. The van der Waals surface area contributed by atoms with E-state index >= 15 is 0 Å². The van der Waals surface area contributed by atoms with Crippen LogP contribution >= 0.6 is 0 Å². The molecule has 0 atom stereocenters. The van der Waals surface area contributed by atoms with E-state index in [1.54, 1.807) is 0 Å². The molecule has 1 heterocycles. The van der Waals surface area contributed by atoms with E-state index in [-0.39, 0.29) is 16.3 Å². The Labute approximate surface area is 101 Å². The number of H-pyrrole nitrogens is 1. The van der Waals surface area contributed by atoms with Gasteiger partial charge in [-0.15, -0.1) is 0 Å². The van der Waals surface area contributed by atoms with E-state index in [1.165, 1.54) is 12.6 Å². The lowest BCUT2D eigenvalue weighted by Gasteiger charge is -2.33. The maximum atomic E-state index is 12.1. The van der Waals surface area contributed by atoms with E-state index in [4.69, 9.17) is 5.73 Å². The minimum absolute atomic E-state index is 0.0318. The van der Waals surface area contributed by atoms with Crippen LogP contribution in [0.1, 0.15) is 39.0 Å². The zero-order valence-corrected chi connectivity index (χ0v) is 10.7. The average molecular weight is 258 g/mol. The van der Waals surface area contributed by atoms with Crippen LogP contribution in [0.25, 0.3) is 0 Å². The second-order valence-electron chi connectivity index (χ2n) is 4.87. The highest BCUT2D eigenvalue weighted by Gasteiger charge is 2.33. The lowest BCUT2D eigenvalue weighted by atomic mass is 9.84. The van der Waals surface area contributed by atoms with Crippen LogP contribution in [0.2, 0.25) is 0 Å². The standard InChI is InChI=1S/C10H18N4O2S/c1-10(5-3-2-4-6-10)14-17(15,16)8-7-12-13-9(8)11/h7,14H,2-6H2,1H3,(H3,11,12,13). The van der Waals surface area contributed by atoms with Crippen molar-refractivity contribution in [1.29, 1.82) is 0 Å². The number of nitrogens with zero attached hydrogens (tertiary/aromatic N) is 1. The number of sulfonamides is 1. The molecule has 0 radical (unpaired) electrons. The minimum atomic E-state index is -3.57. The van der Waals surface area contributed by atoms with Gasteiger partial charge in [0.2, 0.25) is 10.0 Å². The van der Waals surface area contributed by atoms with Gasteiger partial charge in [0.1, 0.15) is 10.7 Å². The SMILES string of the molecule is CC1(NS(=O)(=O)c2cn[nH]c2N)CCCCC1. The topological polar surface area (TPSA) is 101 Å². The molecule has 0 saturated heterocycles. The number of hydrogen-bond acceptors (Lipinski definition) is 4. The minimum Gasteiger partial charge on any atom is -0.383 e. The summed E-state index contributed by atoms with van der Waals surface area (Å²) in [5.74, 6) is 0.0805. The largest absolute Gasteiger partial charge is 0.383 e. The van der Waals surface area contributed by atoms with Crippen molar-refractivity contribution in [2.75, 3.05) is 5.73 Å². The zero-order valence-electron chi connectivity index (χ0n) is 9.86. The summed E-state index contributed by atoms with van der Waals surface area (Å²) in [4.78, 5) is 0.0318. The Morgan fingerprint density at radius 2 is 2.06 bits per heavy atom. The summed E-state index contributed by atoms with van der Waals surface area (Å²) in [6.07, 6.45) is 6.25. The molecule has 0 aromatic carbocycles. The summed E-state index contributed by atoms with van der Waals surface area (Å²) in [5, 5.41) is 6.07. The quantitative estimate of drug-likeness (QED) is 0.752. The molecule has 7 heteroatoms. The molecule has 0 spiro atoms. The first-order chi connectivity index (χ1) is 7.93. The second-order valence-corrected chi connectivity index (χ2v) is 6.53. The summed E-state index contributed by atoms with van der Waals surface area (Å²) in [5.41, 5.74) is 5.18. The lowest BCUT2D eigenvalue weighted by molar-refractivity contribution is 0.294.